The van der Waals surface area contributed by atoms with Gasteiger partial charge in [0.1, 0.15) is 23.6 Å². The molecule has 0 N–H and O–H groups in total. The smallest absolute Gasteiger partial charge is 0.258 e. The van der Waals surface area contributed by atoms with Crippen LogP contribution in [0.3, 0.4) is 0 Å². The van der Waals surface area contributed by atoms with E-state index in [-0.39, 0.29) is 5.92 Å². The number of nitrogens with zero attached hydrogens (tertiary/aromatic N) is 7. The van der Waals surface area contributed by atoms with Crippen molar-refractivity contribution in [2.45, 2.75) is 58.9 Å². The maximum absolute atomic E-state index is 5.66. The molecule has 35 heavy (non-hydrogen) atoms. The Morgan fingerprint density at radius 3 is 2.57 bits per heavy atom. The number of aryl methyl sites for hydroxylation is 3. The molecule has 1 atom stereocenters. The van der Waals surface area contributed by atoms with Gasteiger partial charge in [-0.15, -0.1) is 5.10 Å². The number of methoxy groups -OCH3 is 2. The van der Waals surface area contributed by atoms with E-state index in [0.717, 1.165) is 36.7 Å². The maximum Gasteiger partial charge on any atom is 0.258 e. The van der Waals surface area contributed by atoms with E-state index in [1.54, 1.807) is 31.3 Å². The molecule has 9 nitrogen and oxygen atoms in total. The molecule has 0 amide bonds. The molecule has 0 saturated heterocycles. The molecular formula is C26H31N7O2. The van der Waals surface area contributed by atoms with Crippen LogP contribution in [0.4, 0.5) is 0 Å². The molecule has 0 fully saturated rings. The van der Waals surface area contributed by atoms with Crippen molar-refractivity contribution >= 4 is 0 Å². The van der Waals surface area contributed by atoms with Gasteiger partial charge in [0, 0.05) is 18.7 Å². The van der Waals surface area contributed by atoms with E-state index in [2.05, 4.69) is 47.9 Å². The highest BCUT2D eigenvalue weighted by molar-refractivity contribution is 5.52. The van der Waals surface area contributed by atoms with Crippen LogP contribution < -0.4 is 9.47 Å². The molecule has 1 aliphatic heterocycles. The zero-order valence-electron chi connectivity index (χ0n) is 21.1. The monoisotopic (exact) mass is 473 g/mol. The van der Waals surface area contributed by atoms with E-state index >= 15 is 0 Å². The van der Waals surface area contributed by atoms with E-state index in [9.17, 15) is 0 Å². The number of benzene rings is 1. The van der Waals surface area contributed by atoms with Gasteiger partial charge in [-0.25, -0.2) is 24.6 Å². The predicted octanol–water partition coefficient (Wildman–Crippen LogP) is 4.60. The van der Waals surface area contributed by atoms with Crippen molar-refractivity contribution in [3.63, 3.8) is 0 Å². The molecule has 0 aliphatic carbocycles. The third-order valence-corrected chi connectivity index (χ3v) is 6.59. The van der Waals surface area contributed by atoms with Crippen LogP contribution in [0.1, 0.15) is 66.7 Å². The van der Waals surface area contributed by atoms with Gasteiger partial charge in [-0.2, -0.15) is 0 Å². The normalized spacial score (nSPS) is 15.3. The summed E-state index contributed by atoms with van der Waals surface area (Å²) in [6.45, 7) is 9.29. The molecule has 9 heteroatoms. The van der Waals surface area contributed by atoms with Crippen molar-refractivity contribution in [1.82, 2.24) is 34.3 Å². The van der Waals surface area contributed by atoms with Gasteiger partial charge < -0.3 is 9.47 Å². The second-order valence-corrected chi connectivity index (χ2v) is 9.33. The summed E-state index contributed by atoms with van der Waals surface area (Å²) in [5, 5.41) is 4.80. The van der Waals surface area contributed by atoms with Crippen molar-refractivity contribution in [3.8, 4) is 29.0 Å². The molecule has 0 radical (unpaired) electrons. The number of ether oxygens (including phenoxy) is 2. The number of hydrogen-bond donors (Lipinski definition) is 0. The first-order valence-corrected chi connectivity index (χ1v) is 11.9. The quantitative estimate of drug-likeness (QED) is 0.404. The Morgan fingerprint density at radius 2 is 1.89 bits per heavy atom. The number of fused-ring (bicyclic) bond motifs is 1. The average molecular weight is 474 g/mol. The SMILES string of the molecule is COc1cc(C)c(C2CCCn3nc(-c4cnc(-n5cnc(C)c5)c(OC)n4)nc32)cc1C(C)C. The molecular weight excluding hydrogens is 442 g/mol. The van der Waals surface area contributed by atoms with Crippen LogP contribution in [0.5, 0.6) is 11.6 Å². The summed E-state index contributed by atoms with van der Waals surface area (Å²) in [4.78, 5) is 18.5. The zero-order chi connectivity index (χ0) is 24.7. The molecule has 3 aromatic heterocycles. The summed E-state index contributed by atoms with van der Waals surface area (Å²) in [7, 11) is 3.32. The van der Waals surface area contributed by atoms with Crippen molar-refractivity contribution in [2.75, 3.05) is 14.2 Å². The molecule has 1 aliphatic rings. The summed E-state index contributed by atoms with van der Waals surface area (Å²) in [5.41, 5.74) is 5.17. The summed E-state index contributed by atoms with van der Waals surface area (Å²) in [6, 6.07) is 4.44. The number of hydrogen-bond acceptors (Lipinski definition) is 7. The van der Waals surface area contributed by atoms with Gasteiger partial charge in [-0.05, 0) is 55.4 Å². The van der Waals surface area contributed by atoms with E-state index in [4.69, 9.17) is 19.6 Å². The second-order valence-electron chi connectivity index (χ2n) is 9.33. The lowest BCUT2D eigenvalue weighted by Crippen LogP contribution is -2.19. The summed E-state index contributed by atoms with van der Waals surface area (Å²) in [6.07, 6.45) is 7.34. The van der Waals surface area contributed by atoms with Crippen LogP contribution in [0, 0.1) is 13.8 Å². The van der Waals surface area contributed by atoms with Crippen LogP contribution in [0.15, 0.2) is 30.9 Å². The molecule has 5 rings (SSSR count). The Labute approximate surface area is 205 Å². The Morgan fingerprint density at radius 1 is 1.06 bits per heavy atom. The Hall–Kier alpha value is -3.75. The van der Waals surface area contributed by atoms with E-state index < -0.39 is 0 Å². The average Bonchev–Trinajstić information content (AvgIpc) is 3.49. The molecule has 0 bridgehead atoms. The first-order chi connectivity index (χ1) is 16.9. The van der Waals surface area contributed by atoms with E-state index in [1.807, 2.05) is 17.8 Å². The lowest BCUT2D eigenvalue weighted by Gasteiger charge is -2.25. The fraction of sp³-hybridized carbons (Fsp3) is 0.423. The Bertz CT molecular complexity index is 1370. The molecule has 4 aromatic rings. The number of aromatic nitrogens is 7. The highest BCUT2D eigenvalue weighted by Gasteiger charge is 2.29. The van der Waals surface area contributed by atoms with Gasteiger partial charge in [0.15, 0.2) is 0 Å². The first kappa shape index (κ1) is 23.0. The van der Waals surface area contributed by atoms with Gasteiger partial charge in [0.25, 0.3) is 5.88 Å². The highest BCUT2D eigenvalue weighted by atomic mass is 16.5. The minimum atomic E-state index is 0.163. The molecule has 4 heterocycles. The van der Waals surface area contributed by atoms with Crippen LogP contribution >= 0.6 is 0 Å². The lowest BCUT2D eigenvalue weighted by molar-refractivity contribution is 0.394. The van der Waals surface area contributed by atoms with Crippen LogP contribution in [-0.4, -0.2) is 48.5 Å². The minimum Gasteiger partial charge on any atom is -0.496 e. The summed E-state index contributed by atoms with van der Waals surface area (Å²) >= 11 is 0. The minimum absolute atomic E-state index is 0.163. The number of rotatable bonds is 6. The highest BCUT2D eigenvalue weighted by Crippen LogP contribution is 2.39. The van der Waals surface area contributed by atoms with Crippen LogP contribution in [-0.2, 0) is 6.54 Å². The van der Waals surface area contributed by atoms with Gasteiger partial charge in [-0.1, -0.05) is 19.9 Å². The molecule has 1 aromatic carbocycles. The molecule has 1 unspecified atom stereocenters. The third-order valence-electron chi connectivity index (χ3n) is 6.59. The van der Waals surface area contributed by atoms with Gasteiger partial charge in [0.2, 0.25) is 11.6 Å². The van der Waals surface area contributed by atoms with Crippen LogP contribution in [0.2, 0.25) is 0 Å². The summed E-state index contributed by atoms with van der Waals surface area (Å²) in [5.74, 6) is 3.96. The lowest BCUT2D eigenvalue weighted by atomic mass is 9.85. The summed E-state index contributed by atoms with van der Waals surface area (Å²) < 4.78 is 15.0. The molecule has 0 spiro atoms. The largest absolute Gasteiger partial charge is 0.496 e. The van der Waals surface area contributed by atoms with Crippen LogP contribution in [0.25, 0.3) is 17.3 Å². The number of imidazole rings is 1. The van der Waals surface area contributed by atoms with Gasteiger partial charge in [-0.3, -0.25) is 4.57 Å². The third kappa shape index (κ3) is 4.15. The molecule has 182 valence electrons. The fourth-order valence-corrected chi connectivity index (χ4v) is 4.80. The van der Waals surface area contributed by atoms with Crippen molar-refractivity contribution in [3.05, 3.63) is 59.1 Å². The van der Waals surface area contributed by atoms with Crippen molar-refractivity contribution in [2.24, 2.45) is 0 Å². The van der Waals surface area contributed by atoms with Crippen molar-refractivity contribution in [1.29, 1.82) is 0 Å². The van der Waals surface area contributed by atoms with E-state index in [0.29, 0.717) is 29.1 Å². The standard InChI is InChI=1S/C26H31N7O2/c1-15(2)19-11-20(16(3)10-22(19)34-5)18-8-7-9-33-24(18)30-23(31-33)21-12-27-25(26(29-21)35-6)32-13-17(4)28-14-32/h10-15,18H,7-9H2,1-6H3. The Balaban J connectivity index is 1.54. The predicted molar refractivity (Wildman–Crippen MR) is 132 cm³/mol. The molecule has 0 saturated carbocycles. The van der Waals surface area contributed by atoms with E-state index in [1.165, 1.54) is 16.7 Å². The Kier molecular flexibility index (Phi) is 6.00. The first-order valence-electron chi connectivity index (χ1n) is 11.9. The van der Waals surface area contributed by atoms with Crippen molar-refractivity contribution < 1.29 is 9.47 Å². The van der Waals surface area contributed by atoms with Gasteiger partial charge in [0.05, 0.1) is 26.1 Å². The maximum atomic E-state index is 5.66. The topological polar surface area (TPSA) is 92.8 Å². The second kappa shape index (κ2) is 9.13. The zero-order valence-corrected chi connectivity index (χ0v) is 21.1. The van der Waals surface area contributed by atoms with Gasteiger partial charge >= 0.3 is 0 Å². The fourth-order valence-electron chi connectivity index (χ4n) is 4.80.